The zero-order valence-corrected chi connectivity index (χ0v) is 16.4. The molecule has 1 amide bonds. The molecule has 0 aliphatic rings. The fourth-order valence-corrected chi connectivity index (χ4v) is 3.09. The van der Waals surface area contributed by atoms with Crippen LogP contribution in [-0.4, -0.2) is 20.1 Å². The number of carbonyl (C=O) groups excluding carboxylic acids is 1. The maximum Gasteiger partial charge on any atom is 0.340 e. The largest absolute Gasteiger partial charge is 0.496 e. The van der Waals surface area contributed by atoms with Crippen LogP contribution in [0.15, 0.2) is 45.6 Å². The summed E-state index contributed by atoms with van der Waals surface area (Å²) in [5, 5.41) is 3.50. The highest BCUT2D eigenvalue weighted by Crippen LogP contribution is 2.33. The summed E-state index contributed by atoms with van der Waals surface area (Å²) >= 11 is 0. The van der Waals surface area contributed by atoms with Gasteiger partial charge in [-0.2, -0.15) is 0 Å². The number of hydrogen-bond donors (Lipinski definition) is 1. The van der Waals surface area contributed by atoms with Gasteiger partial charge in [0.05, 0.1) is 31.6 Å². The van der Waals surface area contributed by atoms with Crippen molar-refractivity contribution in [1.29, 1.82) is 0 Å². The highest BCUT2D eigenvalue weighted by Gasteiger charge is 2.18. The summed E-state index contributed by atoms with van der Waals surface area (Å²) in [7, 11) is 3.06. The van der Waals surface area contributed by atoms with Gasteiger partial charge in [-0.05, 0) is 25.0 Å². The van der Waals surface area contributed by atoms with Crippen molar-refractivity contribution < 1.29 is 18.7 Å². The standard InChI is InChI=1S/C22H23NO5/c1-13-5-7-15(8-6-13)12-23-20(24)11-17-14(2)21-18(27-4)9-16(26-3)10-19(21)28-22(17)25/h5-10H,11-12H2,1-4H3,(H,23,24). The highest BCUT2D eigenvalue weighted by molar-refractivity contribution is 5.90. The summed E-state index contributed by atoms with van der Waals surface area (Å²) in [5.41, 5.74) is 2.96. The van der Waals surface area contributed by atoms with Crippen LogP contribution in [0.5, 0.6) is 11.5 Å². The molecular weight excluding hydrogens is 358 g/mol. The van der Waals surface area contributed by atoms with Gasteiger partial charge in [0.25, 0.3) is 0 Å². The Bertz CT molecular complexity index is 1070. The van der Waals surface area contributed by atoms with Crippen LogP contribution >= 0.6 is 0 Å². The predicted octanol–water partition coefficient (Wildman–Crippen LogP) is 3.29. The Kier molecular flexibility index (Phi) is 5.68. The first-order valence-electron chi connectivity index (χ1n) is 8.93. The molecule has 0 unspecified atom stereocenters. The number of carbonyl (C=O) groups is 1. The van der Waals surface area contributed by atoms with E-state index in [9.17, 15) is 9.59 Å². The van der Waals surface area contributed by atoms with E-state index in [-0.39, 0.29) is 12.3 Å². The third kappa shape index (κ3) is 4.01. The number of nitrogens with one attached hydrogen (secondary N) is 1. The van der Waals surface area contributed by atoms with Gasteiger partial charge in [-0.3, -0.25) is 4.79 Å². The molecule has 146 valence electrons. The smallest absolute Gasteiger partial charge is 0.340 e. The maximum atomic E-state index is 12.5. The summed E-state index contributed by atoms with van der Waals surface area (Å²) in [5.74, 6) is 0.801. The van der Waals surface area contributed by atoms with Gasteiger partial charge in [-0.25, -0.2) is 4.79 Å². The van der Waals surface area contributed by atoms with E-state index in [2.05, 4.69) is 5.32 Å². The molecule has 0 aliphatic carbocycles. The van der Waals surface area contributed by atoms with E-state index >= 15 is 0 Å². The monoisotopic (exact) mass is 381 g/mol. The maximum absolute atomic E-state index is 12.5. The molecular formula is C22H23NO5. The minimum Gasteiger partial charge on any atom is -0.496 e. The minimum atomic E-state index is -0.536. The van der Waals surface area contributed by atoms with E-state index in [4.69, 9.17) is 13.9 Å². The van der Waals surface area contributed by atoms with Crippen LogP contribution in [0.4, 0.5) is 0 Å². The molecule has 28 heavy (non-hydrogen) atoms. The van der Waals surface area contributed by atoms with E-state index in [1.807, 2.05) is 31.2 Å². The van der Waals surface area contributed by atoms with Gasteiger partial charge in [-0.15, -0.1) is 0 Å². The van der Waals surface area contributed by atoms with Crippen LogP contribution in [0.3, 0.4) is 0 Å². The average molecular weight is 381 g/mol. The van der Waals surface area contributed by atoms with Crippen molar-refractivity contribution >= 4 is 16.9 Å². The average Bonchev–Trinajstić information content (AvgIpc) is 2.69. The third-order valence-corrected chi connectivity index (χ3v) is 4.72. The molecule has 1 aromatic heterocycles. The number of amides is 1. The number of fused-ring (bicyclic) bond motifs is 1. The number of rotatable bonds is 6. The number of ether oxygens (including phenoxy) is 2. The molecule has 6 heteroatoms. The lowest BCUT2D eigenvalue weighted by atomic mass is 10.0. The normalized spacial score (nSPS) is 10.7. The molecule has 0 atom stereocenters. The Morgan fingerprint density at radius 3 is 2.43 bits per heavy atom. The van der Waals surface area contributed by atoms with Gasteiger partial charge in [0, 0.05) is 18.7 Å². The van der Waals surface area contributed by atoms with E-state index in [0.717, 1.165) is 11.1 Å². The molecule has 0 bridgehead atoms. The molecule has 0 spiro atoms. The fraction of sp³-hybridized carbons (Fsp3) is 0.273. The lowest BCUT2D eigenvalue weighted by Crippen LogP contribution is -2.27. The SMILES string of the molecule is COc1cc(OC)c2c(C)c(CC(=O)NCc3ccc(C)cc3)c(=O)oc2c1. The number of aryl methyl sites for hydroxylation is 2. The Balaban J connectivity index is 1.87. The summed E-state index contributed by atoms with van der Waals surface area (Å²) in [4.78, 5) is 24.9. The van der Waals surface area contributed by atoms with Gasteiger partial charge in [-0.1, -0.05) is 29.8 Å². The summed E-state index contributed by atoms with van der Waals surface area (Å²) < 4.78 is 16.1. The van der Waals surface area contributed by atoms with Crippen LogP contribution in [0.1, 0.15) is 22.3 Å². The van der Waals surface area contributed by atoms with E-state index < -0.39 is 5.63 Å². The van der Waals surface area contributed by atoms with E-state index in [1.54, 1.807) is 19.1 Å². The lowest BCUT2D eigenvalue weighted by molar-refractivity contribution is -0.120. The first-order chi connectivity index (χ1) is 13.4. The second-order valence-corrected chi connectivity index (χ2v) is 6.63. The van der Waals surface area contributed by atoms with Crippen molar-refractivity contribution in [2.45, 2.75) is 26.8 Å². The molecule has 2 aromatic carbocycles. The summed E-state index contributed by atoms with van der Waals surface area (Å²) in [6.45, 7) is 4.20. The van der Waals surface area contributed by atoms with Crippen LogP contribution < -0.4 is 20.4 Å². The first-order valence-corrected chi connectivity index (χ1v) is 8.93. The van der Waals surface area contributed by atoms with Crippen molar-refractivity contribution in [3.63, 3.8) is 0 Å². The Hall–Kier alpha value is -3.28. The molecule has 0 radical (unpaired) electrons. The zero-order chi connectivity index (χ0) is 20.3. The van der Waals surface area contributed by atoms with Crippen molar-refractivity contribution in [3.8, 4) is 11.5 Å². The predicted molar refractivity (Wildman–Crippen MR) is 107 cm³/mol. The molecule has 0 aliphatic heterocycles. The van der Waals surface area contributed by atoms with Gasteiger partial charge in [0.15, 0.2) is 0 Å². The van der Waals surface area contributed by atoms with Gasteiger partial charge >= 0.3 is 5.63 Å². The highest BCUT2D eigenvalue weighted by atomic mass is 16.5. The second-order valence-electron chi connectivity index (χ2n) is 6.63. The Morgan fingerprint density at radius 1 is 1.07 bits per heavy atom. The molecule has 1 N–H and O–H groups in total. The quantitative estimate of drug-likeness (QED) is 0.663. The molecule has 0 fully saturated rings. The summed E-state index contributed by atoms with van der Waals surface area (Å²) in [6.07, 6.45) is -0.0643. The Morgan fingerprint density at radius 2 is 1.79 bits per heavy atom. The Labute approximate surface area is 163 Å². The summed E-state index contributed by atoms with van der Waals surface area (Å²) in [6, 6.07) is 11.3. The van der Waals surface area contributed by atoms with Crippen LogP contribution in [-0.2, 0) is 17.8 Å². The van der Waals surface area contributed by atoms with Crippen LogP contribution in [0.2, 0.25) is 0 Å². The first kappa shape index (κ1) is 19.5. The van der Waals surface area contributed by atoms with Crippen molar-refractivity contribution in [2.75, 3.05) is 14.2 Å². The van der Waals surface area contributed by atoms with Gasteiger partial charge < -0.3 is 19.2 Å². The molecule has 6 nitrogen and oxygen atoms in total. The second kappa shape index (κ2) is 8.17. The van der Waals surface area contributed by atoms with Gasteiger partial charge in [0.1, 0.15) is 17.1 Å². The third-order valence-electron chi connectivity index (χ3n) is 4.72. The fourth-order valence-electron chi connectivity index (χ4n) is 3.09. The van der Waals surface area contributed by atoms with Crippen LogP contribution in [0.25, 0.3) is 11.0 Å². The number of hydrogen-bond acceptors (Lipinski definition) is 5. The van der Waals surface area contributed by atoms with E-state index in [0.29, 0.717) is 40.1 Å². The van der Waals surface area contributed by atoms with E-state index in [1.165, 1.54) is 14.2 Å². The molecule has 3 rings (SSSR count). The number of methoxy groups -OCH3 is 2. The molecule has 0 saturated carbocycles. The lowest BCUT2D eigenvalue weighted by Gasteiger charge is -2.13. The topological polar surface area (TPSA) is 77.8 Å². The molecule has 1 heterocycles. The van der Waals surface area contributed by atoms with Crippen molar-refractivity contribution in [1.82, 2.24) is 5.32 Å². The van der Waals surface area contributed by atoms with Crippen LogP contribution in [0, 0.1) is 13.8 Å². The minimum absolute atomic E-state index is 0.0643. The molecule has 0 saturated heterocycles. The van der Waals surface area contributed by atoms with Gasteiger partial charge in [0.2, 0.25) is 5.91 Å². The number of benzene rings is 2. The van der Waals surface area contributed by atoms with Crippen molar-refractivity contribution in [3.05, 3.63) is 69.1 Å². The van der Waals surface area contributed by atoms with Crippen molar-refractivity contribution in [2.24, 2.45) is 0 Å². The zero-order valence-electron chi connectivity index (χ0n) is 16.4. The molecule has 3 aromatic rings.